The standard InChI is InChI=1S/C9H12Cl3N3O/c1-8(2,3)5-4-6(15-14-5)13-7(16)9(10,11)12/h4H,1-3H3,(H2,13,14,15,16). The molecule has 1 amide bonds. The van der Waals surface area contributed by atoms with Crippen molar-refractivity contribution in [3.63, 3.8) is 0 Å². The van der Waals surface area contributed by atoms with Gasteiger partial charge in [0.05, 0.1) is 0 Å². The highest BCUT2D eigenvalue weighted by Crippen LogP contribution is 2.28. The largest absolute Gasteiger partial charge is 0.305 e. The van der Waals surface area contributed by atoms with E-state index in [0.717, 1.165) is 5.69 Å². The minimum Gasteiger partial charge on any atom is -0.305 e. The normalized spacial score (nSPS) is 12.6. The average molecular weight is 285 g/mol. The second-order valence-corrected chi connectivity index (χ2v) is 6.65. The van der Waals surface area contributed by atoms with Crippen LogP contribution in [-0.4, -0.2) is 19.9 Å². The zero-order chi connectivity index (χ0) is 12.6. The number of nitrogens with one attached hydrogen (secondary N) is 2. The first-order valence-electron chi connectivity index (χ1n) is 4.55. The lowest BCUT2D eigenvalue weighted by molar-refractivity contribution is -0.115. The van der Waals surface area contributed by atoms with E-state index in [1.165, 1.54) is 0 Å². The van der Waals surface area contributed by atoms with Crippen molar-refractivity contribution >= 4 is 46.5 Å². The van der Waals surface area contributed by atoms with Crippen molar-refractivity contribution in [2.75, 3.05) is 5.32 Å². The van der Waals surface area contributed by atoms with Crippen molar-refractivity contribution in [2.45, 2.75) is 30.0 Å². The summed E-state index contributed by atoms with van der Waals surface area (Å²) in [5.41, 5.74) is 0.794. The number of amides is 1. The van der Waals surface area contributed by atoms with E-state index in [-0.39, 0.29) is 5.41 Å². The van der Waals surface area contributed by atoms with E-state index < -0.39 is 9.70 Å². The molecule has 0 fully saturated rings. The number of carbonyl (C=O) groups is 1. The number of aromatic nitrogens is 2. The van der Waals surface area contributed by atoms with Crippen LogP contribution in [0.15, 0.2) is 6.07 Å². The van der Waals surface area contributed by atoms with Gasteiger partial charge in [-0.3, -0.25) is 9.89 Å². The first-order valence-corrected chi connectivity index (χ1v) is 5.68. The quantitative estimate of drug-likeness (QED) is 0.779. The summed E-state index contributed by atoms with van der Waals surface area (Å²) < 4.78 is -1.99. The van der Waals surface area contributed by atoms with Gasteiger partial charge in [-0.1, -0.05) is 55.6 Å². The summed E-state index contributed by atoms with van der Waals surface area (Å²) >= 11 is 16.2. The van der Waals surface area contributed by atoms with Gasteiger partial charge in [0, 0.05) is 17.2 Å². The van der Waals surface area contributed by atoms with Crippen molar-refractivity contribution in [1.82, 2.24) is 10.2 Å². The fourth-order valence-electron chi connectivity index (χ4n) is 0.957. The van der Waals surface area contributed by atoms with Crippen molar-refractivity contribution in [3.05, 3.63) is 11.8 Å². The predicted molar refractivity (Wildman–Crippen MR) is 66.2 cm³/mol. The summed E-state index contributed by atoms with van der Waals surface area (Å²) in [6, 6.07) is 1.70. The average Bonchev–Trinajstić information content (AvgIpc) is 2.49. The predicted octanol–water partition coefficient (Wildman–Crippen LogP) is 3.02. The number of alkyl halides is 3. The van der Waals surface area contributed by atoms with Gasteiger partial charge in [-0.05, 0) is 0 Å². The van der Waals surface area contributed by atoms with Crippen LogP contribution in [0.4, 0.5) is 5.82 Å². The molecule has 0 saturated heterocycles. The zero-order valence-corrected chi connectivity index (χ0v) is 11.3. The molecule has 7 heteroatoms. The molecule has 1 rings (SSSR count). The third kappa shape index (κ3) is 3.54. The number of nitrogens with zero attached hydrogens (tertiary/aromatic N) is 1. The summed E-state index contributed by atoms with van der Waals surface area (Å²) in [5, 5.41) is 9.11. The zero-order valence-electron chi connectivity index (χ0n) is 9.07. The SMILES string of the molecule is CC(C)(C)c1cc(NC(=O)C(Cl)(Cl)Cl)n[nH]1. The van der Waals surface area contributed by atoms with Gasteiger partial charge in [-0.15, -0.1) is 0 Å². The number of hydrogen-bond acceptors (Lipinski definition) is 2. The summed E-state index contributed by atoms with van der Waals surface area (Å²) in [6.07, 6.45) is 0. The number of aromatic amines is 1. The van der Waals surface area contributed by atoms with Gasteiger partial charge < -0.3 is 5.32 Å². The van der Waals surface area contributed by atoms with E-state index in [1.807, 2.05) is 20.8 Å². The first kappa shape index (κ1) is 13.6. The van der Waals surface area contributed by atoms with Gasteiger partial charge in [0.2, 0.25) is 0 Å². The molecule has 0 saturated carbocycles. The molecular weight excluding hydrogens is 272 g/mol. The molecule has 2 N–H and O–H groups in total. The molecule has 16 heavy (non-hydrogen) atoms. The monoisotopic (exact) mass is 283 g/mol. The van der Waals surface area contributed by atoms with Crippen molar-refractivity contribution in [1.29, 1.82) is 0 Å². The Morgan fingerprint density at radius 1 is 1.38 bits per heavy atom. The number of halogens is 3. The van der Waals surface area contributed by atoms with Gasteiger partial charge in [0.1, 0.15) is 0 Å². The molecule has 0 spiro atoms. The molecule has 0 aliphatic carbocycles. The molecule has 0 aromatic carbocycles. The van der Waals surface area contributed by atoms with Crippen LogP contribution in [0.1, 0.15) is 26.5 Å². The third-order valence-electron chi connectivity index (χ3n) is 1.88. The van der Waals surface area contributed by atoms with E-state index in [4.69, 9.17) is 34.8 Å². The van der Waals surface area contributed by atoms with Crippen molar-refractivity contribution < 1.29 is 4.79 Å². The Labute approximate surface area is 109 Å². The minimum absolute atomic E-state index is 0.0873. The van der Waals surface area contributed by atoms with Crippen LogP contribution in [0, 0.1) is 0 Å². The highest BCUT2D eigenvalue weighted by molar-refractivity contribution is 6.76. The molecule has 90 valence electrons. The Morgan fingerprint density at radius 2 is 1.94 bits per heavy atom. The van der Waals surface area contributed by atoms with E-state index in [1.54, 1.807) is 6.07 Å². The minimum atomic E-state index is -1.99. The van der Waals surface area contributed by atoms with Crippen LogP contribution in [0.25, 0.3) is 0 Å². The van der Waals surface area contributed by atoms with E-state index in [9.17, 15) is 4.79 Å². The number of hydrogen-bond donors (Lipinski definition) is 2. The second kappa shape index (κ2) is 4.43. The van der Waals surface area contributed by atoms with Crippen LogP contribution in [0.3, 0.4) is 0 Å². The fraction of sp³-hybridized carbons (Fsp3) is 0.556. The number of H-pyrrole nitrogens is 1. The molecule has 0 unspecified atom stereocenters. The van der Waals surface area contributed by atoms with Gasteiger partial charge in [-0.25, -0.2) is 0 Å². The smallest absolute Gasteiger partial charge is 0.277 e. The first-order chi connectivity index (χ1) is 7.10. The van der Waals surface area contributed by atoms with Crippen molar-refractivity contribution in [3.8, 4) is 0 Å². The maximum absolute atomic E-state index is 11.3. The molecule has 1 aromatic heterocycles. The molecule has 4 nitrogen and oxygen atoms in total. The van der Waals surface area contributed by atoms with E-state index >= 15 is 0 Å². The Hall–Kier alpha value is -0.450. The lowest BCUT2D eigenvalue weighted by atomic mass is 9.92. The summed E-state index contributed by atoms with van der Waals surface area (Å²) in [7, 11) is 0. The highest BCUT2D eigenvalue weighted by Gasteiger charge is 2.31. The Morgan fingerprint density at radius 3 is 2.31 bits per heavy atom. The second-order valence-electron chi connectivity index (χ2n) is 4.37. The highest BCUT2D eigenvalue weighted by atomic mass is 35.6. The lowest BCUT2D eigenvalue weighted by Gasteiger charge is -2.14. The molecule has 1 aromatic rings. The maximum Gasteiger partial charge on any atom is 0.277 e. The van der Waals surface area contributed by atoms with E-state index in [0.29, 0.717) is 5.82 Å². The number of anilines is 1. The fourth-order valence-corrected chi connectivity index (χ4v) is 1.10. The topological polar surface area (TPSA) is 57.8 Å². The molecule has 1 heterocycles. The molecular formula is C9H12Cl3N3O. The van der Waals surface area contributed by atoms with Gasteiger partial charge in [-0.2, -0.15) is 5.10 Å². The van der Waals surface area contributed by atoms with Crippen LogP contribution in [-0.2, 0) is 10.2 Å². The van der Waals surface area contributed by atoms with Crippen LogP contribution < -0.4 is 5.32 Å². The van der Waals surface area contributed by atoms with Crippen LogP contribution >= 0.6 is 34.8 Å². The molecule has 0 aliphatic heterocycles. The van der Waals surface area contributed by atoms with Gasteiger partial charge in [0.25, 0.3) is 9.70 Å². The maximum atomic E-state index is 11.3. The Balaban J connectivity index is 2.78. The third-order valence-corrected chi connectivity index (χ3v) is 2.40. The lowest BCUT2D eigenvalue weighted by Crippen LogP contribution is -2.27. The summed E-state index contributed by atoms with van der Waals surface area (Å²) in [4.78, 5) is 11.3. The van der Waals surface area contributed by atoms with Crippen LogP contribution in [0.2, 0.25) is 0 Å². The summed E-state index contributed by atoms with van der Waals surface area (Å²) in [6.45, 7) is 6.04. The Kier molecular flexibility index (Phi) is 3.77. The van der Waals surface area contributed by atoms with E-state index in [2.05, 4.69) is 15.5 Å². The number of carbonyl (C=O) groups excluding carboxylic acids is 1. The van der Waals surface area contributed by atoms with Gasteiger partial charge >= 0.3 is 0 Å². The van der Waals surface area contributed by atoms with Crippen LogP contribution in [0.5, 0.6) is 0 Å². The molecule has 0 radical (unpaired) electrons. The molecule has 0 bridgehead atoms. The van der Waals surface area contributed by atoms with Crippen molar-refractivity contribution in [2.24, 2.45) is 0 Å². The molecule has 0 atom stereocenters. The van der Waals surface area contributed by atoms with Gasteiger partial charge in [0.15, 0.2) is 5.82 Å². The summed E-state index contributed by atoms with van der Waals surface area (Å²) in [5.74, 6) is -0.397. The Bertz CT molecular complexity index is 389. The number of rotatable bonds is 1. The molecule has 0 aliphatic rings.